The van der Waals surface area contributed by atoms with Crippen LogP contribution in [0.1, 0.15) is 23.5 Å². The molecule has 19 heavy (non-hydrogen) atoms. The summed E-state index contributed by atoms with van der Waals surface area (Å²) in [6.07, 6.45) is 0.987. The first-order chi connectivity index (χ1) is 9.18. The number of benzene rings is 1. The van der Waals surface area contributed by atoms with E-state index < -0.39 is 0 Å². The second kappa shape index (κ2) is 6.68. The van der Waals surface area contributed by atoms with E-state index in [-0.39, 0.29) is 11.8 Å². The van der Waals surface area contributed by atoms with Crippen LogP contribution in [-0.4, -0.2) is 44.5 Å². The summed E-state index contributed by atoms with van der Waals surface area (Å²) in [5.74, 6) is 0.0858. The predicted molar refractivity (Wildman–Crippen MR) is 77.1 cm³/mol. The summed E-state index contributed by atoms with van der Waals surface area (Å²) in [5.41, 5.74) is 2.41. The lowest BCUT2D eigenvalue weighted by molar-refractivity contribution is -0.122. The van der Waals surface area contributed by atoms with Gasteiger partial charge in [0, 0.05) is 19.6 Å². The third-order valence-corrected chi connectivity index (χ3v) is 3.49. The Kier molecular flexibility index (Phi) is 4.93. The van der Waals surface area contributed by atoms with E-state index in [9.17, 15) is 4.79 Å². The van der Waals surface area contributed by atoms with Crippen molar-refractivity contribution in [2.75, 3.05) is 33.7 Å². The molecular formula is C15H23N3O. The maximum atomic E-state index is 12.2. The Balaban J connectivity index is 1.90. The molecule has 1 amide bonds. The van der Waals surface area contributed by atoms with Gasteiger partial charge in [-0.05, 0) is 38.2 Å². The van der Waals surface area contributed by atoms with Gasteiger partial charge in [0.05, 0.1) is 5.92 Å². The summed E-state index contributed by atoms with van der Waals surface area (Å²) in [6, 6.07) is 8.20. The molecular weight excluding hydrogens is 238 g/mol. The van der Waals surface area contributed by atoms with Crippen molar-refractivity contribution in [2.45, 2.75) is 18.9 Å². The molecule has 1 unspecified atom stereocenters. The molecule has 2 rings (SSSR count). The highest BCUT2D eigenvalue weighted by atomic mass is 16.1. The summed E-state index contributed by atoms with van der Waals surface area (Å²) >= 11 is 0. The van der Waals surface area contributed by atoms with Crippen LogP contribution in [-0.2, 0) is 11.3 Å². The molecule has 2 N–H and O–H groups in total. The molecule has 1 aromatic rings. The van der Waals surface area contributed by atoms with E-state index in [0.29, 0.717) is 0 Å². The summed E-state index contributed by atoms with van der Waals surface area (Å²) in [6.45, 7) is 3.34. The number of carbonyl (C=O) groups is 1. The molecule has 1 atom stereocenters. The van der Waals surface area contributed by atoms with E-state index in [2.05, 4.69) is 27.7 Å². The molecule has 0 bridgehead atoms. The van der Waals surface area contributed by atoms with E-state index >= 15 is 0 Å². The molecule has 1 aliphatic heterocycles. The van der Waals surface area contributed by atoms with Crippen LogP contribution in [0.4, 0.5) is 0 Å². The maximum absolute atomic E-state index is 12.2. The second-order valence-electron chi connectivity index (χ2n) is 5.33. The summed E-state index contributed by atoms with van der Waals surface area (Å²) in [5, 5.41) is 6.35. The molecule has 0 aliphatic carbocycles. The van der Waals surface area contributed by atoms with Gasteiger partial charge in [-0.1, -0.05) is 24.3 Å². The Labute approximate surface area is 115 Å². The summed E-state index contributed by atoms with van der Waals surface area (Å²) in [7, 11) is 4.09. The maximum Gasteiger partial charge on any atom is 0.228 e. The van der Waals surface area contributed by atoms with Crippen LogP contribution < -0.4 is 10.6 Å². The molecule has 4 heteroatoms. The van der Waals surface area contributed by atoms with E-state index in [1.165, 1.54) is 11.1 Å². The quantitative estimate of drug-likeness (QED) is 0.775. The van der Waals surface area contributed by atoms with Crippen molar-refractivity contribution in [1.29, 1.82) is 0 Å². The van der Waals surface area contributed by atoms with Crippen LogP contribution in [0.5, 0.6) is 0 Å². The molecule has 0 aromatic heterocycles. The summed E-state index contributed by atoms with van der Waals surface area (Å²) < 4.78 is 0. The largest absolute Gasteiger partial charge is 0.355 e. The minimum absolute atomic E-state index is 0.0516. The van der Waals surface area contributed by atoms with E-state index in [4.69, 9.17) is 0 Å². The molecule has 104 valence electrons. The van der Waals surface area contributed by atoms with Crippen molar-refractivity contribution in [3.63, 3.8) is 0 Å². The minimum Gasteiger partial charge on any atom is -0.355 e. The van der Waals surface area contributed by atoms with Crippen LogP contribution >= 0.6 is 0 Å². The smallest absolute Gasteiger partial charge is 0.228 e. The van der Waals surface area contributed by atoms with Gasteiger partial charge >= 0.3 is 0 Å². The third kappa shape index (κ3) is 3.78. The number of nitrogens with one attached hydrogen (secondary N) is 2. The van der Waals surface area contributed by atoms with Crippen molar-refractivity contribution in [3.8, 4) is 0 Å². The molecule has 0 radical (unpaired) electrons. The first kappa shape index (κ1) is 14.0. The van der Waals surface area contributed by atoms with Crippen LogP contribution in [0.25, 0.3) is 0 Å². The Morgan fingerprint density at radius 3 is 3.00 bits per heavy atom. The number of carbonyl (C=O) groups excluding carboxylic acids is 1. The topological polar surface area (TPSA) is 44.4 Å². The first-order valence-corrected chi connectivity index (χ1v) is 6.89. The van der Waals surface area contributed by atoms with Crippen LogP contribution in [0.15, 0.2) is 24.3 Å². The average molecular weight is 261 g/mol. The zero-order chi connectivity index (χ0) is 13.7. The van der Waals surface area contributed by atoms with Crippen molar-refractivity contribution < 1.29 is 4.79 Å². The molecule has 0 saturated carbocycles. The molecule has 1 aliphatic rings. The van der Waals surface area contributed by atoms with Gasteiger partial charge in [-0.15, -0.1) is 0 Å². The fraction of sp³-hybridized carbons (Fsp3) is 0.533. The molecule has 0 saturated heterocycles. The number of amides is 1. The second-order valence-corrected chi connectivity index (χ2v) is 5.33. The van der Waals surface area contributed by atoms with Gasteiger partial charge in [0.2, 0.25) is 5.91 Å². The van der Waals surface area contributed by atoms with E-state index in [1.54, 1.807) is 0 Å². The monoisotopic (exact) mass is 261 g/mol. The Morgan fingerprint density at radius 1 is 1.42 bits per heavy atom. The van der Waals surface area contributed by atoms with Crippen LogP contribution in [0.3, 0.4) is 0 Å². The van der Waals surface area contributed by atoms with E-state index in [1.807, 2.05) is 26.2 Å². The van der Waals surface area contributed by atoms with Crippen molar-refractivity contribution in [2.24, 2.45) is 0 Å². The summed E-state index contributed by atoms with van der Waals surface area (Å²) in [4.78, 5) is 14.4. The highest BCUT2D eigenvalue weighted by molar-refractivity contribution is 5.84. The van der Waals surface area contributed by atoms with Crippen molar-refractivity contribution >= 4 is 5.91 Å². The lowest BCUT2D eigenvalue weighted by Gasteiger charge is -2.25. The zero-order valence-corrected chi connectivity index (χ0v) is 11.8. The number of hydrogen-bond acceptors (Lipinski definition) is 3. The predicted octanol–water partition coefficient (Wildman–Crippen LogP) is 0.941. The lowest BCUT2D eigenvalue weighted by atomic mass is 9.90. The normalized spacial score (nSPS) is 18.2. The Hall–Kier alpha value is -1.39. The van der Waals surface area contributed by atoms with Gasteiger partial charge in [0.25, 0.3) is 0 Å². The van der Waals surface area contributed by atoms with Gasteiger partial charge < -0.3 is 15.5 Å². The fourth-order valence-electron chi connectivity index (χ4n) is 2.46. The average Bonchev–Trinajstić information content (AvgIpc) is 2.42. The standard InChI is InChI=1S/C15H23N3O/c1-18(2)9-5-8-17-15(19)14-11-16-10-12-6-3-4-7-13(12)14/h3-4,6-7,14,16H,5,8-11H2,1-2H3,(H,17,19). The van der Waals surface area contributed by atoms with Crippen LogP contribution in [0.2, 0.25) is 0 Å². The van der Waals surface area contributed by atoms with Gasteiger partial charge in [0.15, 0.2) is 0 Å². The van der Waals surface area contributed by atoms with Gasteiger partial charge in [-0.25, -0.2) is 0 Å². The number of hydrogen-bond donors (Lipinski definition) is 2. The number of nitrogens with zero attached hydrogens (tertiary/aromatic N) is 1. The number of rotatable bonds is 5. The first-order valence-electron chi connectivity index (χ1n) is 6.89. The van der Waals surface area contributed by atoms with Crippen LogP contribution in [0, 0.1) is 0 Å². The Morgan fingerprint density at radius 2 is 2.21 bits per heavy atom. The molecule has 1 aromatic carbocycles. The SMILES string of the molecule is CN(C)CCCNC(=O)C1CNCc2ccccc21. The minimum atomic E-state index is -0.0516. The zero-order valence-electron chi connectivity index (χ0n) is 11.8. The fourth-order valence-corrected chi connectivity index (χ4v) is 2.46. The van der Waals surface area contributed by atoms with E-state index in [0.717, 1.165) is 32.6 Å². The molecule has 0 spiro atoms. The molecule has 0 fully saturated rings. The third-order valence-electron chi connectivity index (χ3n) is 3.49. The van der Waals surface area contributed by atoms with Gasteiger partial charge in [-0.3, -0.25) is 4.79 Å². The Bertz CT molecular complexity index is 431. The molecule has 4 nitrogen and oxygen atoms in total. The van der Waals surface area contributed by atoms with Gasteiger partial charge in [0.1, 0.15) is 0 Å². The van der Waals surface area contributed by atoms with Crippen molar-refractivity contribution in [1.82, 2.24) is 15.5 Å². The number of fused-ring (bicyclic) bond motifs is 1. The van der Waals surface area contributed by atoms with Gasteiger partial charge in [-0.2, -0.15) is 0 Å². The highest BCUT2D eigenvalue weighted by Crippen LogP contribution is 2.23. The highest BCUT2D eigenvalue weighted by Gasteiger charge is 2.25. The van der Waals surface area contributed by atoms with Crippen molar-refractivity contribution in [3.05, 3.63) is 35.4 Å². The molecule has 1 heterocycles. The lowest BCUT2D eigenvalue weighted by Crippen LogP contribution is -2.39.